The summed E-state index contributed by atoms with van der Waals surface area (Å²) in [7, 11) is 0. The van der Waals surface area contributed by atoms with Crippen LogP contribution < -0.4 is 5.32 Å². The zero-order valence-corrected chi connectivity index (χ0v) is 13.4. The summed E-state index contributed by atoms with van der Waals surface area (Å²) in [5.74, 6) is -0.0305. The van der Waals surface area contributed by atoms with E-state index in [1.165, 1.54) is 6.42 Å². The zero-order valence-electron chi connectivity index (χ0n) is 11.0. The number of rotatable bonds is 3. The number of nitrogens with one attached hydrogen (secondary N) is 1. The average molecular weight is 356 g/mol. The molecule has 1 aliphatic carbocycles. The van der Waals surface area contributed by atoms with E-state index in [2.05, 4.69) is 27.3 Å². The number of hydrogen-bond donors (Lipinski definition) is 1. The van der Waals surface area contributed by atoms with Crippen LogP contribution in [0.1, 0.15) is 42.5 Å². The SMILES string of the molecule is N#CC(NC(=O)c1cc(Br)ccc1Cl)C1CCCCC1. The molecule has 0 bridgehead atoms. The molecule has 106 valence electrons. The Morgan fingerprint density at radius 3 is 2.75 bits per heavy atom. The van der Waals surface area contributed by atoms with Gasteiger partial charge >= 0.3 is 0 Å². The second-order valence-electron chi connectivity index (χ2n) is 5.10. The van der Waals surface area contributed by atoms with Gasteiger partial charge in [-0.15, -0.1) is 0 Å². The van der Waals surface area contributed by atoms with Gasteiger partial charge < -0.3 is 5.32 Å². The Bertz CT molecular complexity index is 535. The fourth-order valence-corrected chi connectivity index (χ4v) is 3.18. The van der Waals surface area contributed by atoms with Gasteiger partial charge in [0.25, 0.3) is 5.91 Å². The van der Waals surface area contributed by atoms with Crippen molar-refractivity contribution in [2.24, 2.45) is 5.92 Å². The van der Waals surface area contributed by atoms with E-state index >= 15 is 0 Å². The highest BCUT2D eigenvalue weighted by molar-refractivity contribution is 9.10. The molecule has 1 amide bonds. The molecule has 5 heteroatoms. The van der Waals surface area contributed by atoms with E-state index in [1.54, 1.807) is 18.2 Å². The molecule has 1 unspecified atom stereocenters. The van der Waals surface area contributed by atoms with Gasteiger partial charge in [-0.2, -0.15) is 5.26 Å². The summed E-state index contributed by atoms with van der Waals surface area (Å²) in [5.41, 5.74) is 0.400. The third-order valence-corrected chi connectivity index (χ3v) is 4.54. The van der Waals surface area contributed by atoms with E-state index in [4.69, 9.17) is 11.6 Å². The number of carbonyl (C=O) groups excluding carboxylic acids is 1. The van der Waals surface area contributed by atoms with E-state index in [9.17, 15) is 10.1 Å². The molecule has 0 aromatic heterocycles. The van der Waals surface area contributed by atoms with Gasteiger partial charge in [0.1, 0.15) is 6.04 Å². The molecule has 0 saturated heterocycles. The van der Waals surface area contributed by atoms with Crippen molar-refractivity contribution in [3.05, 3.63) is 33.3 Å². The van der Waals surface area contributed by atoms with Crippen LogP contribution in [0.4, 0.5) is 0 Å². The highest BCUT2D eigenvalue weighted by atomic mass is 79.9. The number of nitrogens with zero attached hydrogens (tertiary/aromatic N) is 1. The molecule has 1 atom stereocenters. The Morgan fingerprint density at radius 1 is 1.40 bits per heavy atom. The number of nitriles is 1. The first-order valence-electron chi connectivity index (χ1n) is 6.77. The molecule has 1 N–H and O–H groups in total. The Kier molecular flexibility index (Phi) is 5.45. The second-order valence-corrected chi connectivity index (χ2v) is 6.43. The quantitative estimate of drug-likeness (QED) is 0.878. The lowest BCUT2D eigenvalue weighted by Crippen LogP contribution is -2.40. The topological polar surface area (TPSA) is 52.9 Å². The first-order chi connectivity index (χ1) is 9.61. The molecule has 2 rings (SSSR count). The molecule has 0 aliphatic heterocycles. The first kappa shape index (κ1) is 15.3. The molecule has 1 saturated carbocycles. The maximum atomic E-state index is 12.3. The Morgan fingerprint density at radius 2 is 2.10 bits per heavy atom. The number of carbonyl (C=O) groups is 1. The molecular weight excluding hydrogens is 340 g/mol. The van der Waals surface area contributed by atoms with Crippen LogP contribution in [0, 0.1) is 17.2 Å². The van der Waals surface area contributed by atoms with Gasteiger partial charge in [0.05, 0.1) is 16.7 Å². The molecule has 0 spiro atoms. The summed E-state index contributed by atoms with van der Waals surface area (Å²) in [6.07, 6.45) is 5.50. The lowest BCUT2D eigenvalue weighted by Gasteiger charge is -2.26. The smallest absolute Gasteiger partial charge is 0.253 e. The van der Waals surface area contributed by atoms with Crippen LogP contribution >= 0.6 is 27.5 Å². The van der Waals surface area contributed by atoms with Crippen LogP contribution in [-0.4, -0.2) is 11.9 Å². The predicted octanol–water partition coefficient (Wildman–Crippen LogP) is 4.30. The summed E-state index contributed by atoms with van der Waals surface area (Å²) in [6, 6.07) is 6.91. The Balaban J connectivity index is 2.09. The number of amides is 1. The van der Waals surface area contributed by atoms with Gasteiger partial charge in [0, 0.05) is 4.47 Å². The van der Waals surface area contributed by atoms with Gasteiger partial charge in [-0.05, 0) is 37.0 Å². The number of hydrogen-bond acceptors (Lipinski definition) is 2. The first-order valence-corrected chi connectivity index (χ1v) is 7.94. The lowest BCUT2D eigenvalue weighted by atomic mass is 9.84. The molecule has 1 aliphatic rings. The van der Waals surface area contributed by atoms with Crippen molar-refractivity contribution in [1.82, 2.24) is 5.32 Å². The van der Waals surface area contributed by atoms with Crippen molar-refractivity contribution >= 4 is 33.4 Å². The summed E-state index contributed by atoms with van der Waals surface area (Å²) >= 11 is 9.36. The highest BCUT2D eigenvalue weighted by Gasteiger charge is 2.25. The van der Waals surface area contributed by atoms with Crippen molar-refractivity contribution in [2.75, 3.05) is 0 Å². The van der Waals surface area contributed by atoms with Gasteiger partial charge in [0.15, 0.2) is 0 Å². The average Bonchev–Trinajstić information content (AvgIpc) is 2.48. The normalized spacial score (nSPS) is 17.2. The lowest BCUT2D eigenvalue weighted by molar-refractivity contribution is 0.0929. The van der Waals surface area contributed by atoms with Crippen molar-refractivity contribution in [3.8, 4) is 6.07 Å². The molecule has 20 heavy (non-hydrogen) atoms. The molecule has 1 aromatic carbocycles. The molecule has 0 heterocycles. The minimum absolute atomic E-state index is 0.253. The minimum Gasteiger partial charge on any atom is -0.336 e. The van der Waals surface area contributed by atoms with Crippen LogP contribution in [0.3, 0.4) is 0 Å². The Hall–Kier alpha value is -1.05. The maximum Gasteiger partial charge on any atom is 0.253 e. The number of halogens is 2. The second kappa shape index (κ2) is 7.10. The highest BCUT2D eigenvalue weighted by Crippen LogP contribution is 2.27. The molecule has 0 radical (unpaired) electrons. The third kappa shape index (κ3) is 3.74. The van der Waals surface area contributed by atoms with Crippen molar-refractivity contribution in [3.63, 3.8) is 0 Å². The van der Waals surface area contributed by atoms with Crippen LogP contribution in [0.2, 0.25) is 5.02 Å². The van der Waals surface area contributed by atoms with E-state index in [0.29, 0.717) is 10.6 Å². The van der Waals surface area contributed by atoms with Gasteiger partial charge in [-0.3, -0.25) is 4.79 Å². The monoisotopic (exact) mass is 354 g/mol. The number of benzene rings is 1. The van der Waals surface area contributed by atoms with E-state index in [-0.39, 0.29) is 11.8 Å². The molecule has 1 fully saturated rings. The largest absolute Gasteiger partial charge is 0.336 e. The van der Waals surface area contributed by atoms with Crippen LogP contribution in [0.25, 0.3) is 0 Å². The Labute approximate surface area is 132 Å². The fraction of sp³-hybridized carbons (Fsp3) is 0.467. The van der Waals surface area contributed by atoms with Crippen molar-refractivity contribution in [2.45, 2.75) is 38.1 Å². The predicted molar refractivity (Wildman–Crippen MR) is 82.6 cm³/mol. The van der Waals surface area contributed by atoms with Crippen LogP contribution in [0.15, 0.2) is 22.7 Å². The summed E-state index contributed by atoms with van der Waals surface area (Å²) < 4.78 is 0.790. The fourth-order valence-electron chi connectivity index (χ4n) is 2.61. The summed E-state index contributed by atoms with van der Waals surface area (Å²) in [5, 5.41) is 12.5. The maximum absolute atomic E-state index is 12.3. The van der Waals surface area contributed by atoms with Crippen LogP contribution in [-0.2, 0) is 0 Å². The van der Waals surface area contributed by atoms with Gasteiger partial charge in [-0.25, -0.2) is 0 Å². The van der Waals surface area contributed by atoms with Crippen molar-refractivity contribution in [1.29, 1.82) is 5.26 Å². The van der Waals surface area contributed by atoms with Crippen molar-refractivity contribution < 1.29 is 4.79 Å². The third-order valence-electron chi connectivity index (χ3n) is 3.72. The summed E-state index contributed by atoms with van der Waals surface area (Å²) in [4.78, 5) is 12.3. The summed E-state index contributed by atoms with van der Waals surface area (Å²) in [6.45, 7) is 0. The van der Waals surface area contributed by atoms with E-state index < -0.39 is 6.04 Å². The van der Waals surface area contributed by atoms with Crippen LogP contribution in [0.5, 0.6) is 0 Å². The standard InChI is InChI=1S/C15H16BrClN2O/c16-11-6-7-13(17)12(8-11)15(20)19-14(9-18)10-4-2-1-3-5-10/h6-8,10,14H,1-5H2,(H,19,20). The molecule has 1 aromatic rings. The van der Waals surface area contributed by atoms with E-state index in [0.717, 1.165) is 30.2 Å². The van der Waals surface area contributed by atoms with Gasteiger partial charge in [-0.1, -0.05) is 46.8 Å². The molecular formula is C15H16BrClN2O. The molecule has 3 nitrogen and oxygen atoms in total. The minimum atomic E-state index is -0.433. The van der Waals surface area contributed by atoms with Gasteiger partial charge in [0.2, 0.25) is 0 Å². The van der Waals surface area contributed by atoms with E-state index in [1.807, 2.05) is 0 Å². The zero-order chi connectivity index (χ0) is 14.5.